The average Bonchev–Trinajstić information content (AvgIpc) is 2.92. The van der Waals surface area contributed by atoms with E-state index in [1.807, 2.05) is 0 Å². The van der Waals surface area contributed by atoms with Crippen molar-refractivity contribution in [2.24, 2.45) is 11.8 Å². The molecule has 20 heavy (non-hydrogen) atoms. The van der Waals surface area contributed by atoms with E-state index in [9.17, 15) is 0 Å². The third-order valence-corrected chi connectivity index (χ3v) is 6.34. The van der Waals surface area contributed by atoms with Gasteiger partial charge in [0.05, 0.1) is 0 Å². The van der Waals surface area contributed by atoms with Crippen LogP contribution >= 0.6 is 0 Å². The maximum Gasteiger partial charge on any atom is 0.0223 e. The van der Waals surface area contributed by atoms with Gasteiger partial charge in [-0.05, 0) is 64.0 Å². The van der Waals surface area contributed by atoms with Crippen molar-refractivity contribution >= 4 is 0 Å². The smallest absolute Gasteiger partial charge is 0.0223 e. The predicted octanol–water partition coefficient (Wildman–Crippen LogP) is 3.81. The molecule has 2 unspecified atom stereocenters. The zero-order chi connectivity index (χ0) is 13.8. The number of hydrogen-bond donors (Lipinski definition) is 1. The normalized spacial score (nSPS) is 33.1. The van der Waals surface area contributed by atoms with Crippen LogP contribution < -0.4 is 5.32 Å². The Bertz CT molecular complexity index is 279. The monoisotopic (exact) mass is 278 g/mol. The lowest BCUT2D eigenvalue weighted by Crippen LogP contribution is -2.47. The molecule has 0 spiro atoms. The SMILES string of the molecule is CC(C1CCCC1)N1CCCNC(C2CCCCC2)C1. The van der Waals surface area contributed by atoms with Gasteiger partial charge < -0.3 is 5.32 Å². The molecular formula is C18H34N2. The van der Waals surface area contributed by atoms with E-state index in [0.29, 0.717) is 0 Å². The summed E-state index contributed by atoms with van der Waals surface area (Å²) in [5.74, 6) is 1.94. The topological polar surface area (TPSA) is 15.3 Å². The Morgan fingerprint density at radius 1 is 0.900 bits per heavy atom. The van der Waals surface area contributed by atoms with Crippen LogP contribution in [0.1, 0.15) is 71.1 Å². The Balaban J connectivity index is 1.58. The third-order valence-electron chi connectivity index (χ3n) is 6.34. The predicted molar refractivity (Wildman–Crippen MR) is 86.0 cm³/mol. The van der Waals surface area contributed by atoms with Crippen molar-refractivity contribution in [2.75, 3.05) is 19.6 Å². The molecular weight excluding hydrogens is 244 g/mol. The number of hydrogen-bond acceptors (Lipinski definition) is 2. The lowest BCUT2D eigenvalue weighted by Gasteiger charge is -2.37. The lowest BCUT2D eigenvalue weighted by atomic mass is 9.83. The minimum Gasteiger partial charge on any atom is -0.312 e. The first kappa shape index (κ1) is 14.8. The first-order chi connectivity index (χ1) is 9.84. The Morgan fingerprint density at radius 3 is 2.35 bits per heavy atom. The van der Waals surface area contributed by atoms with Crippen molar-refractivity contribution in [3.05, 3.63) is 0 Å². The summed E-state index contributed by atoms with van der Waals surface area (Å²) in [6.45, 7) is 6.41. The summed E-state index contributed by atoms with van der Waals surface area (Å²) in [6.07, 6.45) is 14.7. The third kappa shape index (κ3) is 3.57. The number of rotatable bonds is 3. The maximum atomic E-state index is 3.89. The molecule has 2 aliphatic carbocycles. The zero-order valence-electron chi connectivity index (χ0n) is 13.4. The summed E-state index contributed by atoms with van der Waals surface area (Å²) >= 11 is 0. The molecule has 0 aromatic carbocycles. The van der Waals surface area contributed by atoms with Gasteiger partial charge in [-0.2, -0.15) is 0 Å². The molecule has 2 saturated carbocycles. The summed E-state index contributed by atoms with van der Waals surface area (Å²) < 4.78 is 0. The molecule has 0 bridgehead atoms. The van der Waals surface area contributed by atoms with Crippen LogP contribution in [0.4, 0.5) is 0 Å². The second kappa shape index (κ2) is 7.26. The van der Waals surface area contributed by atoms with E-state index in [1.54, 1.807) is 0 Å². The highest BCUT2D eigenvalue weighted by Gasteiger charge is 2.31. The fourth-order valence-corrected chi connectivity index (χ4v) is 4.94. The van der Waals surface area contributed by atoms with Crippen LogP contribution in [0.3, 0.4) is 0 Å². The molecule has 1 heterocycles. The van der Waals surface area contributed by atoms with Crippen molar-refractivity contribution in [3.8, 4) is 0 Å². The van der Waals surface area contributed by atoms with Crippen molar-refractivity contribution < 1.29 is 0 Å². The van der Waals surface area contributed by atoms with Crippen LogP contribution in [0.5, 0.6) is 0 Å². The second-order valence-electron chi connectivity index (χ2n) is 7.59. The van der Waals surface area contributed by atoms with Crippen molar-refractivity contribution in [2.45, 2.75) is 83.2 Å². The average molecular weight is 278 g/mol. The van der Waals surface area contributed by atoms with E-state index in [4.69, 9.17) is 0 Å². The second-order valence-corrected chi connectivity index (χ2v) is 7.59. The molecule has 2 heteroatoms. The highest BCUT2D eigenvalue weighted by atomic mass is 15.2. The lowest BCUT2D eigenvalue weighted by molar-refractivity contribution is 0.133. The molecule has 116 valence electrons. The van der Waals surface area contributed by atoms with Gasteiger partial charge in [0.25, 0.3) is 0 Å². The highest BCUT2D eigenvalue weighted by Crippen LogP contribution is 2.32. The maximum absolute atomic E-state index is 3.89. The van der Waals surface area contributed by atoms with Gasteiger partial charge in [-0.1, -0.05) is 32.1 Å². The minimum absolute atomic E-state index is 0.779. The molecule has 1 aliphatic heterocycles. The van der Waals surface area contributed by atoms with E-state index < -0.39 is 0 Å². The molecule has 2 atom stereocenters. The molecule has 0 aromatic heterocycles. The van der Waals surface area contributed by atoms with Crippen molar-refractivity contribution in [3.63, 3.8) is 0 Å². The number of nitrogens with one attached hydrogen (secondary N) is 1. The highest BCUT2D eigenvalue weighted by molar-refractivity contribution is 4.88. The fraction of sp³-hybridized carbons (Fsp3) is 1.00. The standard InChI is InChI=1S/C18H34N2/c1-15(16-8-5-6-9-16)20-13-7-12-19-18(14-20)17-10-3-2-4-11-17/h15-19H,2-14H2,1H3. The van der Waals surface area contributed by atoms with Crippen LogP contribution in [-0.4, -0.2) is 36.6 Å². The van der Waals surface area contributed by atoms with Gasteiger partial charge in [-0.15, -0.1) is 0 Å². The Hall–Kier alpha value is -0.0800. The van der Waals surface area contributed by atoms with Gasteiger partial charge in [0.2, 0.25) is 0 Å². The van der Waals surface area contributed by atoms with E-state index in [0.717, 1.165) is 23.9 Å². The zero-order valence-corrected chi connectivity index (χ0v) is 13.4. The Labute approximate surface area is 125 Å². The van der Waals surface area contributed by atoms with E-state index in [2.05, 4.69) is 17.1 Å². The first-order valence-corrected chi connectivity index (χ1v) is 9.32. The molecule has 3 rings (SSSR count). The minimum atomic E-state index is 0.779. The quantitative estimate of drug-likeness (QED) is 0.844. The van der Waals surface area contributed by atoms with Gasteiger partial charge in [-0.25, -0.2) is 0 Å². The summed E-state index contributed by atoms with van der Waals surface area (Å²) in [4.78, 5) is 2.84. The van der Waals surface area contributed by atoms with Gasteiger partial charge in [0.1, 0.15) is 0 Å². The van der Waals surface area contributed by atoms with E-state index in [-0.39, 0.29) is 0 Å². The van der Waals surface area contributed by atoms with Crippen LogP contribution in [0, 0.1) is 11.8 Å². The van der Waals surface area contributed by atoms with E-state index in [1.165, 1.54) is 83.8 Å². The molecule has 0 amide bonds. The molecule has 3 fully saturated rings. The van der Waals surface area contributed by atoms with Gasteiger partial charge in [0.15, 0.2) is 0 Å². The Kier molecular flexibility index (Phi) is 5.39. The van der Waals surface area contributed by atoms with Crippen LogP contribution in [0.2, 0.25) is 0 Å². The molecule has 1 saturated heterocycles. The Morgan fingerprint density at radius 2 is 1.60 bits per heavy atom. The molecule has 3 aliphatic rings. The molecule has 0 radical (unpaired) electrons. The first-order valence-electron chi connectivity index (χ1n) is 9.32. The largest absolute Gasteiger partial charge is 0.312 e. The van der Waals surface area contributed by atoms with Crippen molar-refractivity contribution in [1.29, 1.82) is 0 Å². The van der Waals surface area contributed by atoms with Gasteiger partial charge in [-0.3, -0.25) is 4.90 Å². The molecule has 0 aromatic rings. The summed E-state index contributed by atoms with van der Waals surface area (Å²) in [7, 11) is 0. The summed E-state index contributed by atoms with van der Waals surface area (Å²) in [5, 5.41) is 3.89. The number of nitrogens with zero attached hydrogens (tertiary/aromatic N) is 1. The van der Waals surface area contributed by atoms with Crippen LogP contribution in [-0.2, 0) is 0 Å². The molecule has 2 nitrogen and oxygen atoms in total. The van der Waals surface area contributed by atoms with Gasteiger partial charge in [0, 0.05) is 18.6 Å². The summed E-state index contributed by atoms with van der Waals surface area (Å²) in [5.41, 5.74) is 0. The van der Waals surface area contributed by atoms with Crippen LogP contribution in [0.25, 0.3) is 0 Å². The molecule has 1 N–H and O–H groups in total. The summed E-state index contributed by atoms with van der Waals surface area (Å²) in [6, 6.07) is 1.60. The van der Waals surface area contributed by atoms with E-state index >= 15 is 0 Å². The fourth-order valence-electron chi connectivity index (χ4n) is 4.94. The van der Waals surface area contributed by atoms with Crippen molar-refractivity contribution in [1.82, 2.24) is 10.2 Å². The van der Waals surface area contributed by atoms with Crippen LogP contribution in [0.15, 0.2) is 0 Å². The van der Waals surface area contributed by atoms with Gasteiger partial charge >= 0.3 is 0 Å².